The van der Waals surface area contributed by atoms with Crippen LogP contribution in [0.5, 0.6) is 5.88 Å². The summed E-state index contributed by atoms with van der Waals surface area (Å²) >= 11 is 0. The van der Waals surface area contributed by atoms with Crippen LogP contribution in [0.1, 0.15) is 18.1 Å². The minimum absolute atomic E-state index is 0.409. The first-order valence-electron chi connectivity index (χ1n) is 11.5. The van der Waals surface area contributed by atoms with E-state index >= 15 is 0 Å². The molecule has 0 aliphatic carbocycles. The molecule has 0 unspecified atom stereocenters. The van der Waals surface area contributed by atoms with Gasteiger partial charge in [0.2, 0.25) is 5.88 Å². The van der Waals surface area contributed by atoms with Gasteiger partial charge in [-0.3, -0.25) is 15.0 Å². The normalized spacial score (nSPS) is 10.9. The maximum Gasteiger partial charge on any atom is 0.326 e. The van der Waals surface area contributed by atoms with Crippen LogP contribution in [0, 0.1) is 13.8 Å². The van der Waals surface area contributed by atoms with Crippen molar-refractivity contribution < 1.29 is 9.53 Å². The molecule has 0 saturated heterocycles. The number of carbonyl (C=O) groups excluding carboxylic acids is 1. The average molecular weight is 467 g/mol. The molecule has 5 rings (SSSR count). The van der Waals surface area contributed by atoms with Crippen LogP contribution in [-0.2, 0) is 0 Å². The molecule has 35 heavy (non-hydrogen) atoms. The van der Waals surface area contributed by atoms with Gasteiger partial charge in [0.25, 0.3) is 0 Å². The lowest BCUT2D eigenvalue weighted by Crippen LogP contribution is -2.23. The van der Waals surface area contributed by atoms with Crippen LogP contribution in [-0.4, -0.2) is 31.8 Å². The van der Waals surface area contributed by atoms with E-state index < -0.39 is 6.03 Å². The summed E-state index contributed by atoms with van der Waals surface area (Å²) in [4.78, 5) is 18.2. The van der Waals surface area contributed by atoms with Gasteiger partial charge < -0.3 is 4.74 Å². The van der Waals surface area contributed by atoms with E-state index in [1.54, 1.807) is 4.68 Å². The molecular formula is C27H26N6O2. The summed E-state index contributed by atoms with van der Waals surface area (Å²) < 4.78 is 9.27. The van der Waals surface area contributed by atoms with Crippen molar-refractivity contribution in [2.45, 2.75) is 20.8 Å². The predicted octanol–water partition coefficient (Wildman–Crippen LogP) is 5.85. The Morgan fingerprint density at radius 3 is 2.31 bits per heavy atom. The molecule has 3 aromatic heterocycles. The zero-order valence-electron chi connectivity index (χ0n) is 19.8. The van der Waals surface area contributed by atoms with Crippen molar-refractivity contribution >= 4 is 23.3 Å². The molecule has 0 radical (unpaired) electrons. The first-order valence-corrected chi connectivity index (χ1v) is 11.5. The molecule has 2 aromatic carbocycles. The van der Waals surface area contributed by atoms with Gasteiger partial charge in [-0.15, -0.1) is 5.10 Å². The number of ether oxygens (including phenoxy) is 1. The number of carbonyl (C=O) groups is 1. The van der Waals surface area contributed by atoms with Crippen LogP contribution < -0.4 is 15.4 Å². The molecule has 0 atom stereocenters. The first kappa shape index (κ1) is 22.2. The number of benzene rings is 2. The predicted molar refractivity (Wildman–Crippen MR) is 137 cm³/mol. The van der Waals surface area contributed by atoms with Gasteiger partial charge in [-0.1, -0.05) is 54.6 Å². The van der Waals surface area contributed by atoms with Gasteiger partial charge >= 0.3 is 6.03 Å². The Labute approximate surface area is 203 Å². The minimum Gasteiger partial charge on any atom is -0.477 e. The number of amides is 2. The Kier molecular flexibility index (Phi) is 5.93. The fraction of sp³-hybridized carbons (Fsp3) is 0.148. The highest BCUT2D eigenvalue weighted by Crippen LogP contribution is 2.31. The lowest BCUT2D eigenvalue weighted by atomic mass is 10.1. The first-order chi connectivity index (χ1) is 17.1. The Balaban J connectivity index is 1.53. The van der Waals surface area contributed by atoms with E-state index in [9.17, 15) is 4.79 Å². The number of nitrogens with one attached hydrogen (secondary N) is 2. The molecule has 0 fully saturated rings. The van der Waals surface area contributed by atoms with E-state index in [-0.39, 0.29) is 0 Å². The third kappa shape index (κ3) is 4.21. The molecule has 0 spiro atoms. The van der Waals surface area contributed by atoms with E-state index in [2.05, 4.69) is 15.7 Å². The number of fused-ring (bicyclic) bond motifs is 1. The minimum atomic E-state index is -0.409. The summed E-state index contributed by atoms with van der Waals surface area (Å²) in [7, 11) is 0. The third-order valence-corrected chi connectivity index (χ3v) is 5.72. The summed E-state index contributed by atoms with van der Waals surface area (Å²) in [6.07, 6.45) is 1.89. The Hall–Kier alpha value is -4.59. The summed E-state index contributed by atoms with van der Waals surface area (Å²) in [6, 6.07) is 22.9. The molecule has 3 heterocycles. The van der Waals surface area contributed by atoms with Crippen LogP contribution in [0.15, 0.2) is 79.0 Å². The zero-order chi connectivity index (χ0) is 24.4. The smallest absolute Gasteiger partial charge is 0.326 e. The van der Waals surface area contributed by atoms with Crippen molar-refractivity contribution in [2.24, 2.45) is 0 Å². The number of rotatable bonds is 6. The van der Waals surface area contributed by atoms with Gasteiger partial charge in [0, 0.05) is 11.8 Å². The van der Waals surface area contributed by atoms with E-state index in [1.807, 2.05) is 104 Å². The fourth-order valence-electron chi connectivity index (χ4n) is 4.02. The molecule has 0 saturated carbocycles. The van der Waals surface area contributed by atoms with Crippen molar-refractivity contribution in [1.29, 1.82) is 0 Å². The van der Waals surface area contributed by atoms with Crippen LogP contribution >= 0.6 is 0 Å². The summed E-state index contributed by atoms with van der Waals surface area (Å²) in [6.45, 7) is 6.25. The topological polar surface area (TPSA) is 85.5 Å². The second kappa shape index (κ2) is 9.34. The molecule has 0 aliphatic heterocycles. The van der Waals surface area contributed by atoms with Gasteiger partial charge in [0.15, 0.2) is 0 Å². The number of nitrogens with zero attached hydrogens (tertiary/aromatic N) is 4. The Bertz CT molecular complexity index is 1490. The molecule has 0 bridgehead atoms. The molecule has 0 aliphatic rings. The second-order valence-corrected chi connectivity index (χ2v) is 8.10. The van der Waals surface area contributed by atoms with Crippen LogP contribution in [0.3, 0.4) is 0 Å². The molecule has 8 nitrogen and oxygen atoms in total. The number of aromatic nitrogens is 4. The maximum atomic E-state index is 13.3. The number of urea groups is 1. The monoisotopic (exact) mass is 466 g/mol. The van der Waals surface area contributed by atoms with Crippen LogP contribution in [0.4, 0.5) is 16.4 Å². The Morgan fingerprint density at radius 1 is 0.914 bits per heavy atom. The molecule has 176 valence electrons. The lowest BCUT2D eigenvalue weighted by molar-refractivity contribution is 0.262. The van der Waals surface area contributed by atoms with E-state index in [0.717, 1.165) is 28.0 Å². The van der Waals surface area contributed by atoms with Gasteiger partial charge in [0.05, 0.1) is 17.9 Å². The molecular weight excluding hydrogens is 440 g/mol. The van der Waals surface area contributed by atoms with E-state index in [1.165, 1.54) is 0 Å². The number of anilines is 2. The van der Waals surface area contributed by atoms with Gasteiger partial charge in [-0.2, -0.15) is 0 Å². The molecule has 2 amide bonds. The number of hydrogen-bond acceptors (Lipinski definition) is 4. The highest BCUT2D eigenvalue weighted by molar-refractivity contribution is 6.02. The number of hydrogen-bond donors (Lipinski definition) is 2. The summed E-state index contributed by atoms with van der Waals surface area (Å²) in [5.74, 6) is 1.59. The van der Waals surface area contributed by atoms with Gasteiger partial charge in [-0.05, 0) is 44.5 Å². The number of imidazole rings is 1. The van der Waals surface area contributed by atoms with Gasteiger partial charge in [-0.25, -0.2) is 14.5 Å². The zero-order valence-corrected chi connectivity index (χ0v) is 19.8. The molecule has 8 heteroatoms. The summed E-state index contributed by atoms with van der Waals surface area (Å²) in [5, 5.41) is 10.6. The molecule has 5 aromatic rings. The van der Waals surface area contributed by atoms with Gasteiger partial charge in [0.1, 0.15) is 23.0 Å². The third-order valence-electron chi connectivity index (χ3n) is 5.72. The Morgan fingerprint density at radius 2 is 1.60 bits per heavy atom. The molecule has 2 N–H and O–H groups in total. The van der Waals surface area contributed by atoms with Crippen LogP contribution in [0.2, 0.25) is 0 Å². The second-order valence-electron chi connectivity index (χ2n) is 8.10. The maximum absolute atomic E-state index is 13.3. The highest BCUT2D eigenvalue weighted by atomic mass is 16.5. The quantitative estimate of drug-likeness (QED) is 0.329. The van der Waals surface area contributed by atoms with E-state index in [4.69, 9.17) is 9.72 Å². The van der Waals surface area contributed by atoms with Crippen LogP contribution in [0.25, 0.3) is 22.6 Å². The van der Waals surface area contributed by atoms with Crippen molar-refractivity contribution in [3.63, 3.8) is 0 Å². The van der Waals surface area contributed by atoms with E-state index in [0.29, 0.717) is 29.8 Å². The number of para-hydroxylation sites is 1. The standard InChI is InChI=1S/C27H26N6O2/c1-4-35-26-19(3)24(33(31-26)21-15-9-6-10-16-21)29-27(34)30-25-22(20-13-7-5-8-14-20)28-23-18(2)12-11-17-32(23)25/h5-17H,4H2,1-3H3,(H2,29,30,34). The number of aryl methyl sites for hydroxylation is 1. The lowest BCUT2D eigenvalue weighted by Gasteiger charge is -2.12. The number of pyridine rings is 1. The average Bonchev–Trinajstić information content (AvgIpc) is 3.39. The van der Waals surface area contributed by atoms with Crippen molar-refractivity contribution in [3.05, 3.63) is 90.1 Å². The fourth-order valence-corrected chi connectivity index (χ4v) is 4.02. The summed E-state index contributed by atoms with van der Waals surface area (Å²) in [5.41, 5.74) is 4.95. The van der Waals surface area contributed by atoms with Crippen molar-refractivity contribution in [2.75, 3.05) is 17.2 Å². The SMILES string of the molecule is CCOc1nn(-c2ccccc2)c(NC(=O)Nc2c(-c3ccccc3)nc3c(C)cccn23)c1C. The highest BCUT2D eigenvalue weighted by Gasteiger charge is 2.21. The largest absolute Gasteiger partial charge is 0.477 e. The van der Waals surface area contributed by atoms with Crippen molar-refractivity contribution in [1.82, 2.24) is 19.2 Å². The van der Waals surface area contributed by atoms with Crippen molar-refractivity contribution in [3.8, 4) is 22.8 Å².